The molecule has 1 fully saturated rings. The van der Waals surface area contributed by atoms with E-state index in [-0.39, 0.29) is 17.2 Å². The third kappa shape index (κ3) is 7.28. The largest absolute Gasteiger partial charge is 0.490 e. The fourth-order valence-corrected chi connectivity index (χ4v) is 4.53. The lowest BCUT2D eigenvalue weighted by atomic mass is 9.80. The molecule has 1 saturated heterocycles. The number of carbonyl (C=O) groups is 3. The van der Waals surface area contributed by atoms with Crippen LogP contribution in [-0.2, 0) is 17.8 Å². The molecule has 2 aliphatic rings. The van der Waals surface area contributed by atoms with Crippen LogP contribution in [0, 0.1) is 5.41 Å². The van der Waals surface area contributed by atoms with Crippen LogP contribution in [0.4, 0.5) is 13.2 Å². The number of carboxylic acid groups (broad SMARTS) is 1. The van der Waals surface area contributed by atoms with Crippen molar-refractivity contribution in [3.8, 4) is 0 Å². The van der Waals surface area contributed by atoms with E-state index in [1.54, 1.807) is 0 Å². The van der Waals surface area contributed by atoms with Crippen LogP contribution >= 0.6 is 0 Å². The fraction of sp³-hybridized carbons (Fsp3) is 0.542. The van der Waals surface area contributed by atoms with E-state index >= 15 is 0 Å². The molecule has 37 heavy (non-hydrogen) atoms. The summed E-state index contributed by atoms with van der Waals surface area (Å²) in [5.74, 6) is -1.54. The molecular formula is C24H31F3N6O4. The summed E-state index contributed by atoms with van der Waals surface area (Å²) in [4.78, 5) is 38.3. The second-order valence-corrected chi connectivity index (χ2v) is 9.55. The first-order valence-corrected chi connectivity index (χ1v) is 11.9. The van der Waals surface area contributed by atoms with Gasteiger partial charge < -0.3 is 24.8 Å². The molecule has 13 heteroatoms. The highest BCUT2D eigenvalue weighted by atomic mass is 19.4. The van der Waals surface area contributed by atoms with Gasteiger partial charge in [0, 0.05) is 44.7 Å². The number of hydrogen-bond donors (Lipinski definition) is 2. The number of likely N-dealkylation sites (N-methyl/N-ethyl adjacent to an activating group) is 1. The molecule has 10 nitrogen and oxygen atoms in total. The zero-order valence-electron chi connectivity index (χ0n) is 20.8. The van der Waals surface area contributed by atoms with Crippen molar-refractivity contribution in [2.45, 2.75) is 38.4 Å². The first-order chi connectivity index (χ1) is 17.4. The van der Waals surface area contributed by atoms with Gasteiger partial charge in [0.1, 0.15) is 5.82 Å². The van der Waals surface area contributed by atoms with Gasteiger partial charge in [-0.25, -0.2) is 4.79 Å². The number of aromatic nitrogens is 3. The van der Waals surface area contributed by atoms with Crippen molar-refractivity contribution in [3.63, 3.8) is 0 Å². The lowest BCUT2D eigenvalue weighted by Gasteiger charge is -2.27. The zero-order valence-corrected chi connectivity index (χ0v) is 20.8. The van der Waals surface area contributed by atoms with E-state index in [2.05, 4.69) is 15.5 Å². The number of benzene rings is 1. The number of hydrogen-bond acceptors (Lipinski definition) is 6. The number of alkyl halides is 3. The third-order valence-corrected chi connectivity index (χ3v) is 6.61. The van der Waals surface area contributed by atoms with E-state index in [9.17, 15) is 22.8 Å². The Morgan fingerprint density at radius 3 is 2.35 bits per heavy atom. The Hall–Kier alpha value is -3.48. The van der Waals surface area contributed by atoms with Gasteiger partial charge in [0.25, 0.3) is 11.8 Å². The average molecular weight is 525 g/mol. The molecule has 202 valence electrons. The molecule has 2 aliphatic heterocycles. The van der Waals surface area contributed by atoms with Crippen LogP contribution in [0.1, 0.15) is 46.1 Å². The van der Waals surface area contributed by atoms with Gasteiger partial charge in [-0.3, -0.25) is 9.59 Å². The summed E-state index contributed by atoms with van der Waals surface area (Å²) in [6.07, 6.45) is -1.42. The summed E-state index contributed by atoms with van der Waals surface area (Å²) in [6.45, 7) is 3.62. The van der Waals surface area contributed by atoms with Gasteiger partial charge >= 0.3 is 12.1 Å². The number of nitrogens with one attached hydrogen (secondary N) is 1. The second-order valence-electron chi connectivity index (χ2n) is 9.55. The second kappa shape index (κ2) is 11.7. The van der Waals surface area contributed by atoms with E-state index in [0.717, 1.165) is 56.7 Å². The third-order valence-electron chi connectivity index (χ3n) is 6.61. The molecule has 0 radical (unpaired) electrons. The van der Waals surface area contributed by atoms with Crippen molar-refractivity contribution in [2.75, 3.05) is 40.3 Å². The predicted octanol–water partition coefficient (Wildman–Crippen LogP) is 2.07. The number of amides is 2. The highest BCUT2D eigenvalue weighted by molar-refractivity contribution is 5.94. The van der Waals surface area contributed by atoms with Crippen LogP contribution in [0.3, 0.4) is 0 Å². The summed E-state index contributed by atoms with van der Waals surface area (Å²) >= 11 is 0. The monoisotopic (exact) mass is 524 g/mol. The number of nitrogens with zero attached hydrogens (tertiary/aromatic N) is 5. The van der Waals surface area contributed by atoms with E-state index < -0.39 is 12.1 Å². The molecule has 1 atom stereocenters. The minimum Gasteiger partial charge on any atom is -0.475 e. The molecular weight excluding hydrogens is 493 g/mol. The van der Waals surface area contributed by atoms with Crippen LogP contribution in [-0.4, -0.2) is 93.9 Å². The highest BCUT2D eigenvalue weighted by Crippen LogP contribution is 2.41. The normalized spacial score (nSPS) is 19.1. The predicted molar refractivity (Wildman–Crippen MR) is 127 cm³/mol. The van der Waals surface area contributed by atoms with Gasteiger partial charge in [-0.1, -0.05) is 18.2 Å². The first-order valence-electron chi connectivity index (χ1n) is 11.9. The Labute approximate surface area is 212 Å². The number of halogens is 3. The maximum Gasteiger partial charge on any atom is 0.490 e. The Morgan fingerprint density at radius 1 is 1.08 bits per heavy atom. The standard InChI is InChI=1S/C22H30N6O2.C2HF3O2/c1-26(2)15-12-23-20(29)19-25-24-18-8-9-22(11-14-28(18)19)10-13-27(16-22)21(30)17-6-4-3-5-7-17;3-2(4,5)1(6)7/h3-7H,8-16H2,1-2H3,(H,23,29);(H,6,7). The van der Waals surface area contributed by atoms with Gasteiger partial charge in [0.2, 0.25) is 5.82 Å². The molecule has 1 aromatic heterocycles. The minimum atomic E-state index is -5.08. The minimum absolute atomic E-state index is 0.0871. The summed E-state index contributed by atoms with van der Waals surface area (Å²) in [6, 6.07) is 9.49. The summed E-state index contributed by atoms with van der Waals surface area (Å²) < 4.78 is 33.7. The Morgan fingerprint density at radius 2 is 1.73 bits per heavy atom. The zero-order chi connectivity index (χ0) is 27.2. The van der Waals surface area contributed by atoms with E-state index in [4.69, 9.17) is 9.90 Å². The number of carboxylic acids is 1. The van der Waals surface area contributed by atoms with Gasteiger partial charge in [-0.05, 0) is 50.9 Å². The maximum absolute atomic E-state index is 12.9. The maximum atomic E-state index is 12.9. The van der Waals surface area contributed by atoms with Crippen LogP contribution in [0.15, 0.2) is 30.3 Å². The van der Waals surface area contributed by atoms with Crippen molar-refractivity contribution >= 4 is 17.8 Å². The van der Waals surface area contributed by atoms with Crippen LogP contribution in [0.2, 0.25) is 0 Å². The van der Waals surface area contributed by atoms with Crippen LogP contribution < -0.4 is 5.32 Å². The Bertz CT molecular complexity index is 1110. The molecule has 2 N–H and O–H groups in total. The lowest BCUT2D eigenvalue weighted by Crippen LogP contribution is -2.34. The molecule has 1 spiro atoms. The molecule has 1 unspecified atom stereocenters. The van der Waals surface area contributed by atoms with Gasteiger partial charge in [-0.2, -0.15) is 13.2 Å². The quantitative estimate of drug-likeness (QED) is 0.614. The molecule has 2 aromatic rings. The summed E-state index contributed by atoms with van der Waals surface area (Å²) in [5.41, 5.74) is 0.834. The SMILES string of the molecule is CN(C)CCNC(=O)c1nnc2n1CCC1(CC2)CCN(C(=O)c2ccccc2)C1.O=C(O)C(F)(F)F. The Kier molecular flexibility index (Phi) is 8.89. The van der Waals surface area contributed by atoms with E-state index in [1.807, 2.05) is 58.8 Å². The van der Waals surface area contributed by atoms with Gasteiger partial charge in [0.15, 0.2) is 0 Å². The van der Waals surface area contributed by atoms with Crippen molar-refractivity contribution in [2.24, 2.45) is 5.41 Å². The number of likely N-dealkylation sites (tertiary alicyclic amines) is 1. The van der Waals surface area contributed by atoms with E-state index in [1.165, 1.54) is 0 Å². The van der Waals surface area contributed by atoms with Crippen LogP contribution in [0.25, 0.3) is 0 Å². The average Bonchev–Trinajstić information content (AvgIpc) is 3.41. The van der Waals surface area contributed by atoms with Crippen molar-refractivity contribution in [1.82, 2.24) is 29.9 Å². The fourth-order valence-electron chi connectivity index (χ4n) is 4.53. The molecule has 0 saturated carbocycles. The van der Waals surface area contributed by atoms with Crippen molar-refractivity contribution in [3.05, 3.63) is 47.5 Å². The van der Waals surface area contributed by atoms with Gasteiger partial charge in [-0.15, -0.1) is 10.2 Å². The number of aliphatic carboxylic acids is 1. The molecule has 0 bridgehead atoms. The Balaban J connectivity index is 0.000000479. The molecule has 1 aromatic carbocycles. The number of aryl methyl sites for hydroxylation is 1. The molecule has 3 heterocycles. The molecule has 4 rings (SSSR count). The number of carbonyl (C=O) groups excluding carboxylic acids is 2. The smallest absolute Gasteiger partial charge is 0.475 e. The topological polar surface area (TPSA) is 121 Å². The number of rotatable bonds is 5. The van der Waals surface area contributed by atoms with E-state index in [0.29, 0.717) is 18.9 Å². The summed E-state index contributed by atoms with van der Waals surface area (Å²) in [7, 11) is 3.95. The highest BCUT2D eigenvalue weighted by Gasteiger charge is 2.42. The first kappa shape index (κ1) is 28.1. The molecule has 0 aliphatic carbocycles. The van der Waals surface area contributed by atoms with Crippen molar-refractivity contribution in [1.29, 1.82) is 0 Å². The summed E-state index contributed by atoms with van der Waals surface area (Å²) in [5, 5.41) is 18.5. The molecule has 2 amide bonds. The van der Waals surface area contributed by atoms with Gasteiger partial charge in [0.05, 0.1) is 0 Å². The number of fused-ring (bicyclic) bond motifs is 1. The lowest BCUT2D eigenvalue weighted by molar-refractivity contribution is -0.192. The van der Waals surface area contributed by atoms with Crippen LogP contribution in [0.5, 0.6) is 0 Å². The van der Waals surface area contributed by atoms with Crippen molar-refractivity contribution < 1.29 is 32.7 Å².